The van der Waals surface area contributed by atoms with Crippen LogP contribution in [0.3, 0.4) is 0 Å². The zero-order valence-corrected chi connectivity index (χ0v) is 9.12. The van der Waals surface area contributed by atoms with Crippen LogP contribution >= 0.6 is 0 Å². The van der Waals surface area contributed by atoms with Gasteiger partial charge >= 0.3 is 5.97 Å². The van der Waals surface area contributed by atoms with E-state index >= 15 is 0 Å². The number of halogens is 3. The molecule has 0 unspecified atom stereocenters. The van der Waals surface area contributed by atoms with Crippen LogP contribution in [0.15, 0.2) is 18.2 Å². The van der Waals surface area contributed by atoms with Crippen molar-refractivity contribution in [2.45, 2.75) is 0 Å². The largest absolute Gasteiger partial charge is 0.476 e. The highest BCUT2D eigenvalue weighted by atomic mass is 19.2. The molecule has 2 aromatic rings. The van der Waals surface area contributed by atoms with Crippen LogP contribution in [0.4, 0.5) is 13.2 Å². The number of rotatable bonds is 2. The Morgan fingerprint density at radius 1 is 1.28 bits per heavy atom. The van der Waals surface area contributed by atoms with E-state index in [0.717, 1.165) is 22.9 Å². The van der Waals surface area contributed by atoms with Crippen LogP contribution in [-0.2, 0) is 7.05 Å². The Bertz CT molecular complexity index is 637. The van der Waals surface area contributed by atoms with E-state index in [-0.39, 0.29) is 17.0 Å². The highest BCUT2D eigenvalue weighted by molar-refractivity contribution is 5.87. The van der Waals surface area contributed by atoms with Crippen molar-refractivity contribution in [3.63, 3.8) is 0 Å². The molecule has 1 heterocycles. The molecule has 0 spiro atoms. The summed E-state index contributed by atoms with van der Waals surface area (Å²) in [5.74, 6) is -5.59. The average molecular weight is 256 g/mol. The molecule has 0 aliphatic rings. The second-order valence-electron chi connectivity index (χ2n) is 3.57. The molecule has 1 aromatic heterocycles. The first-order valence-corrected chi connectivity index (χ1v) is 4.83. The Morgan fingerprint density at radius 2 is 1.94 bits per heavy atom. The maximum absolute atomic E-state index is 13.5. The fourth-order valence-electron chi connectivity index (χ4n) is 1.55. The Kier molecular flexibility index (Phi) is 2.82. The molecule has 1 aromatic carbocycles. The first-order valence-electron chi connectivity index (χ1n) is 4.83. The summed E-state index contributed by atoms with van der Waals surface area (Å²) in [7, 11) is 1.38. The number of hydrogen-bond donors (Lipinski definition) is 1. The monoisotopic (exact) mass is 256 g/mol. The van der Waals surface area contributed by atoms with Gasteiger partial charge in [0.25, 0.3) is 0 Å². The molecule has 0 saturated carbocycles. The van der Waals surface area contributed by atoms with Crippen molar-refractivity contribution < 1.29 is 23.1 Å². The van der Waals surface area contributed by atoms with Crippen LogP contribution in [0.2, 0.25) is 0 Å². The summed E-state index contributed by atoms with van der Waals surface area (Å²) in [6, 6.07) is 2.87. The maximum Gasteiger partial charge on any atom is 0.356 e. The van der Waals surface area contributed by atoms with Crippen LogP contribution < -0.4 is 0 Å². The van der Waals surface area contributed by atoms with Gasteiger partial charge in [0.15, 0.2) is 23.1 Å². The molecule has 7 heteroatoms. The molecule has 0 bridgehead atoms. The third kappa shape index (κ3) is 1.83. The van der Waals surface area contributed by atoms with Gasteiger partial charge in [0.1, 0.15) is 0 Å². The maximum atomic E-state index is 13.5. The quantitative estimate of drug-likeness (QED) is 0.838. The minimum absolute atomic E-state index is 0.0452. The van der Waals surface area contributed by atoms with Crippen molar-refractivity contribution in [1.29, 1.82) is 0 Å². The van der Waals surface area contributed by atoms with E-state index in [9.17, 15) is 18.0 Å². The van der Waals surface area contributed by atoms with Crippen molar-refractivity contribution in [2.75, 3.05) is 0 Å². The lowest BCUT2D eigenvalue weighted by atomic mass is 10.1. The Balaban J connectivity index is 2.62. The predicted octanol–water partition coefficient (Wildman–Crippen LogP) is 2.20. The van der Waals surface area contributed by atoms with E-state index in [2.05, 4.69) is 5.10 Å². The number of carboxylic acid groups (broad SMARTS) is 1. The number of nitrogens with zero attached hydrogens (tertiary/aromatic N) is 2. The molecule has 0 amide bonds. The topological polar surface area (TPSA) is 55.1 Å². The van der Waals surface area contributed by atoms with Crippen molar-refractivity contribution >= 4 is 5.97 Å². The minimum Gasteiger partial charge on any atom is -0.476 e. The van der Waals surface area contributed by atoms with Crippen molar-refractivity contribution in [3.05, 3.63) is 41.3 Å². The van der Waals surface area contributed by atoms with Gasteiger partial charge in [-0.25, -0.2) is 18.0 Å². The second-order valence-corrected chi connectivity index (χ2v) is 3.57. The third-order valence-electron chi connectivity index (χ3n) is 2.41. The van der Waals surface area contributed by atoms with E-state index in [1.807, 2.05) is 0 Å². The zero-order chi connectivity index (χ0) is 13.4. The smallest absolute Gasteiger partial charge is 0.356 e. The summed E-state index contributed by atoms with van der Waals surface area (Å²) in [5.41, 5.74) is -0.517. The lowest BCUT2D eigenvalue weighted by Gasteiger charge is -2.04. The predicted molar refractivity (Wildman–Crippen MR) is 55.5 cm³/mol. The lowest BCUT2D eigenvalue weighted by molar-refractivity contribution is 0.0689. The summed E-state index contributed by atoms with van der Waals surface area (Å²) >= 11 is 0. The fourth-order valence-corrected chi connectivity index (χ4v) is 1.55. The summed E-state index contributed by atoms with van der Waals surface area (Å²) in [6.45, 7) is 0. The highest BCUT2D eigenvalue weighted by Gasteiger charge is 2.19. The SMILES string of the molecule is Cn1nc(C(=O)O)cc1-c1ccc(F)c(F)c1F. The highest BCUT2D eigenvalue weighted by Crippen LogP contribution is 2.26. The van der Waals surface area contributed by atoms with E-state index in [1.54, 1.807) is 0 Å². The van der Waals surface area contributed by atoms with Gasteiger partial charge in [0, 0.05) is 12.6 Å². The molecule has 2 rings (SSSR count). The van der Waals surface area contributed by atoms with Crippen LogP contribution in [0, 0.1) is 17.5 Å². The van der Waals surface area contributed by atoms with Crippen molar-refractivity contribution in [2.24, 2.45) is 7.05 Å². The molecule has 0 radical (unpaired) electrons. The summed E-state index contributed by atoms with van der Waals surface area (Å²) in [5, 5.41) is 12.3. The van der Waals surface area contributed by atoms with Gasteiger partial charge in [0.2, 0.25) is 0 Å². The number of benzene rings is 1. The number of aryl methyl sites for hydroxylation is 1. The number of aromatic carboxylic acids is 1. The van der Waals surface area contributed by atoms with Gasteiger partial charge < -0.3 is 5.11 Å². The van der Waals surface area contributed by atoms with Crippen LogP contribution in [0.25, 0.3) is 11.3 Å². The van der Waals surface area contributed by atoms with Crippen molar-refractivity contribution in [1.82, 2.24) is 9.78 Å². The van der Waals surface area contributed by atoms with Gasteiger partial charge in [-0.2, -0.15) is 5.10 Å². The first kappa shape index (κ1) is 12.2. The summed E-state index contributed by atoms with van der Waals surface area (Å²) in [6.07, 6.45) is 0. The summed E-state index contributed by atoms with van der Waals surface area (Å²) in [4.78, 5) is 10.7. The lowest BCUT2D eigenvalue weighted by Crippen LogP contribution is -2.00. The van der Waals surface area contributed by atoms with Gasteiger partial charge in [-0.3, -0.25) is 4.68 Å². The molecule has 18 heavy (non-hydrogen) atoms. The third-order valence-corrected chi connectivity index (χ3v) is 2.41. The molecule has 0 saturated heterocycles. The van der Waals surface area contributed by atoms with E-state index in [0.29, 0.717) is 0 Å². The van der Waals surface area contributed by atoms with Crippen LogP contribution in [0.1, 0.15) is 10.5 Å². The Labute approximate surface area is 99.3 Å². The summed E-state index contributed by atoms with van der Waals surface area (Å²) < 4.78 is 40.5. The molecule has 0 atom stereocenters. The number of carboxylic acids is 1. The molecular formula is C11H7F3N2O2. The molecule has 0 aliphatic heterocycles. The van der Waals surface area contributed by atoms with Crippen molar-refractivity contribution in [3.8, 4) is 11.3 Å². The van der Waals surface area contributed by atoms with E-state index in [1.165, 1.54) is 7.05 Å². The first-order chi connectivity index (χ1) is 8.41. The molecular weight excluding hydrogens is 249 g/mol. The van der Waals surface area contributed by atoms with Gasteiger partial charge in [0.05, 0.1) is 5.69 Å². The number of hydrogen-bond acceptors (Lipinski definition) is 2. The number of aromatic nitrogens is 2. The molecule has 0 aliphatic carbocycles. The van der Waals surface area contributed by atoms with Gasteiger partial charge in [-0.15, -0.1) is 0 Å². The van der Waals surface area contributed by atoms with Crippen LogP contribution in [-0.4, -0.2) is 20.9 Å². The fraction of sp³-hybridized carbons (Fsp3) is 0.0909. The normalized spacial score (nSPS) is 10.7. The minimum atomic E-state index is -1.61. The van der Waals surface area contributed by atoms with Gasteiger partial charge in [-0.05, 0) is 18.2 Å². The standard InChI is InChI=1S/C11H7F3N2O2/c1-16-8(4-7(15-16)11(17)18)5-2-3-6(12)10(14)9(5)13/h2-4H,1H3,(H,17,18). The second kappa shape index (κ2) is 4.17. The van der Waals surface area contributed by atoms with Crippen LogP contribution in [0.5, 0.6) is 0 Å². The molecule has 1 N–H and O–H groups in total. The Hall–Kier alpha value is -2.31. The molecule has 0 fully saturated rings. The molecule has 4 nitrogen and oxygen atoms in total. The zero-order valence-electron chi connectivity index (χ0n) is 9.12. The Morgan fingerprint density at radius 3 is 2.50 bits per heavy atom. The van der Waals surface area contributed by atoms with E-state index in [4.69, 9.17) is 5.11 Å². The average Bonchev–Trinajstić information content (AvgIpc) is 2.69. The van der Waals surface area contributed by atoms with E-state index < -0.39 is 23.4 Å². The molecule has 94 valence electrons. The number of carbonyl (C=O) groups is 1. The van der Waals surface area contributed by atoms with Gasteiger partial charge in [-0.1, -0.05) is 0 Å².